The van der Waals surface area contributed by atoms with Crippen molar-refractivity contribution >= 4 is 22.5 Å². The summed E-state index contributed by atoms with van der Waals surface area (Å²) in [6.45, 7) is 2.15. The van der Waals surface area contributed by atoms with Crippen molar-refractivity contribution in [2.45, 2.75) is 25.9 Å². The summed E-state index contributed by atoms with van der Waals surface area (Å²) in [6, 6.07) is 6.61. The largest absolute Gasteiger partial charge is 0.497 e. The fourth-order valence-electron chi connectivity index (χ4n) is 1.89. The second kappa shape index (κ2) is 8.44. The molecule has 0 bridgehead atoms. The first-order valence-corrected chi connectivity index (χ1v) is 8.13. The number of carbonyl (C=O) groups excluding carboxylic acids is 1. The molecule has 7 nitrogen and oxygen atoms in total. The number of benzene rings is 1. The monoisotopic (exact) mass is 336 g/mol. The van der Waals surface area contributed by atoms with E-state index >= 15 is 0 Å². The quantitative estimate of drug-likeness (QED) is 0.721. The van der Waals surface area contributed by atoms with E-state index in [0.717, 1.165) is 17.8 Å². The van der Waals surface area contributed by atoms with Crippen molar-refractivity contribution in [3.05, 3.63) is 34.8 Å². The third-order valence-electron chi connectivity index (χ3n) is 3.11. The summed E-state index contributed by atoms with van der Waals surface area (Å²) in [5.41, 5.74) is 0.701. The summed E-state index contributed by atoms with van der Waals surface area (Å²) in [5.74, 6) is 0.714. The topological polar surface area (TPSA) is 96.4 Å². The van der Waals surface area contributed by atoms with E-state index in [4.69, 9.17) is 4.74 Å². The molecular formula is C15H20N4O3S. The molecule has 1 heterocycles. The molecule has 23 heavy (non-hydrogen) atoms. The maximum atomic E-state index is 11.8. The molecule has 2 amide bonds. The molecule has 3 N–H and O–H groups in total. The van der Waals surface area contributed by atoms with Gasteiger partial charge in [-0.25, -0.2) is 4.79 Å². The number of rotatable bonds is 7. The number of aromatic nitrogens is 2. The minimum atomic E-state index is -0.795. The number of nitrogens with zero attached hydrogens (tertiary/aromatic N) is 2. The van der Waals surface area contributed by atoms with Crippen molar-refractivity contribution in [2.75, 3.05) is 19.0 Å². The number of aliphatic hydroxyl groups is 1. The molecule has 0 spiro atoms. The fraction of sp³-hybridized carbons (Fsp3) is 0.400. The van der Waals surface area contributed by atoms with Crippen molar-refractivity contribution in [1.29, 1.82) is 0 Å². The van der Waals surface area contributed by atoms with Crippen LogP contribution in [0.4, 0.5) is 9.93 Å². The zero-order valence-electron chi connectivity index (χ0n) is 13.1. The molecule has 2 aromatic rings. The Morgan fingerprint density at radius 2 is 2.09 bits per heavy atom. The average Bonchev–Trinajstić information content (AvgIpc) is 3.00. The van der Waals surface area contributed by atoms with Crippen LogP contribution in [0.2, 0.25) is 0 Å². The molecule has 0 aliphatic heterocycles. The van der Waals surface area contributed by atoms with Crippen LogP contribution in [0.3, 0.4) is 0 Å². The summed E-state index contributed by atoms with van der Waals surface area (Å²) in [5, 5.41) is 24.5. The van der Waals surface area contributed by atoms with Crippen LogP contribution in [0.15, 0.2) is 24.3 Å². The van der Waals surface area contributed by atoms with Gasteiger partial charge in [0, 0.05) is 13.0 Å². The number of hydrogen-bond donors (Lipinski definition) is 3. The number of hydrogen-bond acceptors (Lipinski definition) is 6. The zero-order valence-corrected chi connectivity index (χ0v) is 13.9. The highest BCUT2D eigenvalue weighted by Crippen LogP contribution is 2.18. The van der Waals surface area contributed by atoms with E-state index < -0.39 is 12.1 Å². The molecule has 1 aromatic heterocycles. The number of nitrogens with one attached hydrogen (secondary N) is 2. The lowest BCUT2D eigenvalue weighted by atomic mass is 10.1. The predicted octanol–water partition coefficient (Wildman–Crippen LogP) is 2.35. The maximum absolute atomic E-state index is 11.8. The molecule has 0 aliphatic rings. The van der Waals surface area contributed by atoms with Gasteiger partial charge in [0.2, 0.25) is 5.13 Å². The summed E-state index contributed by atoms with van der Waals surface area (Å²) in [7, 11) is 1.58. The Morgan fingerprint density at radius 1 is 1.35 bits per heavy atom. The standard InChI is InChI=1S/C15H20N4O3S/c1-3-4-13-18-19-15(23-13)17-14(21)16-9-12(20)10-5-7-11(22-2)8-6-10/h5-8,12,20H,3-4,9H2,1-2H3,(H2,16,17,19,21)/t12-/m0/s1. The second-order valence-electron chi connectivity index (χ2n) is 4.87. The van der Waals surface area contributed by atoms with Crippen LogP contribution in [0.25, 0.3) is 0 Å². The molecule has 0 unspecified atom stereocenters. The van der Waals surface area contributed by atoms with Crippen molar-refractivity contribution in [1.82, 2.24) is 15.5 Å². The number of methoxy groups -OCH3 is 1. The number of urea groups is 1. The minimum absolute atomic E-state index is 0.0960. The minimum Gasteiger partial charge on any atom is -0.497 e. The van der Waals surface area contributed by atoms with Crippen LogP contribution < -0.4 is 15.4 Å². The van der Waals surface area contributed by atoms with Crippen LogP contribution in [0.1, 0.15) is 30.0 Å². The number of amides is 2. The lowest BCUT2D eigenvalue weighted by Gasteiger charge is -2.12. The molecule has 0 fully saturated rings. The van der Waals surface area contributed by atoms with Gasteiger partial charge >= 0.3 is 6.03 Å². The first kappa shape index (κ1) is 17.2. The molecular weight excluding hydrogens is 316 g/mol. The van der Waals surface area contributed by atoms with Crippen molar-refractivity contribution in [2.24, 2.45) is 0 Å². The Labute approximate surface area is 138 Å². The Balaban J connectivity index is 1.80. The molecule has 0 aliphatic carbocycles. The van der Waals surface area contributed by atoms with E-state index in [1.165, 1.54) is 11.3 Å². The van der Waals surface area contributed by atoms with E-state index in [2.05, 4.69) is 27.8 Å². The van der Waals surface area contributed by atoms with Crippen LogP contribution in [0.5, 0.6) is 5.75 Å². The normalized spacial score (nSPS) is 11.8. The number of aliphatic hydroxyl groups excluding tert-OH is 1. The van der Waals surface area contributed by atoms with E-state index in [-0.39, 0.29) is 6.54 Å². The summed E-state index contributed by atoms with van der Waals surface area (Å²) in [4.78, 5) is 11.8. The highest BCUT2D eigenvalue weighted by Gasteiger charge is 2.11. The van der Waals surface area contributed by atoms with Gasteiger partial charge in [-0.1, -0.05) is 30.4 Å². The zero-order chi connectivity index (χ0) is 16.7. The Kier molecular flexibility index (Phi) is 6.30. The van der Waals surface area contributed by atoms with Crippen LogP contribution in [-0.4, -0.2) is 35.0 Å². The van der Waals surface area contributed by atoms with Gasteiger partial charge in [0.05, 0.1) is 13.2 Å². The molecule has 124 valence electrons. The van der Waals surface area contributed by atoms with Gasteiger partial charge in [0.1, 0.15) is 10.8 Å². The summed E-state index contributed by atoms with van der Waals surface area (Å²) in [6.07, 6.45) is 1.03. The molecule has 8 heteroatoms. The third-order valence-corrected chi connectivity index (χ3v) is 4.01. The van der Waals surface area contributed by atoms with Gasteiger partial charge in [-0.3, -0.25) is 5.32 Å². The SMILES string of the molecule is CCCc1nnc(NC(=O)NC[C@H](O)c2ccc(OC)cc2)s1. The Morgan fingerprint density at radius 3 is 2.74 bits per heavy atom. The van der Waals surface area contributed by atoms with Gasteiger partial charge in [-0.2, -0.15) is 0 Å². The number of carbonyl (C=O) groups is 1. The fourth-order valence-corrected chi connectivity index (χ4v) is 2.73. The maximum Gasteiger partial charge on any atom is 0.321 e. The van der Waals surface area contributed by atoms with E-state index in [9.17, 15) is 9.90 Å². The molecule has 1 aromatic carbocycles. The average molecular weight is 336 g/mol. The van der Waals surface area contributed by atoms with Crippen LogP contribution in [-0.2, 0) is 6.42 Å². The molecule has 2 rings (SSSR count). The van der Waals surface area contributed by atoms with E-state index in [1.54, 1.807) is 31.4 Å². The number of anilines is 1. The van der Waals surface area contributed by atoms with Gasteiger partial charge in [-0.05, 0) is 24.1 Å². The Bertz CT molecular complexity index is 630. The molecule has 0 saturated carbocycles. The van der Waals surface area contributed by atoms with Crippen LogP contribution in [0, 0.1) is 0 Å². The van der Waals surface area contributed by atoms with E-state index in [1.807, 2.05) is 0 Å². The molecule has 0 radical (unpaired) electrons. The first-order valence-electron chi connectivity index (χ1n) is 7.31. The van der Waals surface area contributed by atoms with Gasteiger partial charge in [-0.15, -0.1) is 10.2 Å². The van der Waals surface area contributed by atoms with Gasteiger partial charge in [0.15, 0.2) is 0 Å². The molecule has 1 atom stereocenters. The van der Waals surface area contributed by atoms with Crippen molar-refractivity contribution in [3.8, 4) is 5.75 Å². The van der Waals surface area contributed by atoms with Gasteiger partial charge < -0.3 is 15.2 Å². The van der Waals surface area contributed by atoms with Gasteiger partial charge in [0.25, 0.3) is 0 Å². The number of aryl methyl sites for hydroxylation is 1. The summed E-state index contributed by atoms with van der Waals surface area (Å²) < 4.78 is 5.06. The Hall–Kier alpha value is -2.19. The first-order chi connectivity index (χ1) is 11.1. The number of ether oxygens (including phenoxy) is 1. The second-order valence-corrected chi connectivity index (χ2v) is 5.94. The molecule has 0 saturated heterocycles. The third kappa shape index (κ3) is 5.19. The highest BCUT2D eigenvalue weighted by molar-refractivity contribution is 7.15. The summed E-state index contributed by atoms with van der Waals surface area (Å²) >= 11 is 1.35. The van der Waals surface area contributed by atoms with Crippen molar-refractivity contribution in [3.63, 3.8) is 0 Å². The predicted molar refractivity (Wildman–Crippen MR) is 88.9 cm³/mol. The van der Waals surface area contributed by atoms with Crippen LogP contribution >= 0.6 is 11.3 Å². The lowest BCUT2D eigenvalue weighted by molar-refractivity contribution is 0.175. The van der Waals surface area contributed by atoms with Crippen molar-refractivity contribution < 1.29 is 14.6 Å². The van der Waals surface area contributed by atoms with E-state index in [0.29, 0.717) is 16.4 Å². The highest BCUT2D eigenvalue weighted by atomic mass is 32.1. The lowest BCUT2D eigenvalue weighted by Crippen LogP contribution is -2.32. The smallest absolute Gasteiger partial charge is 0.321 e.